The molecule has 0 amide bonds. The van der Waals surface area contributed by atoms with E-state index in [9.17, 15) is 0 Å². The molecule has 3 nitrogen and oxygen atoms in total. The van der Waals surface area contributed by atoms with Crippen molar-refractivity contribution < 1.29 is 0 Å². The van der Waals surface area contributed by atoms with Gasteiger partial charge in [0.1, 0.15) is 0 Å². The average molecular weight is 472 g/mol. The lowest BCUT2D eigenvalue weighted by atomic mass is 10.4. The van der Waals surface area contributed by atoms with E-state index in [-0.39, 0.29) is 24.0 Å². The van der Waals surface area contributed by atoms with Gasteiger partial charge in [0.15, 0.2) is 5.96 Å². The Labute approximate surface area is 146 Å². The molecule has 0 unspecified atom stereocenters. The predicted molar refractivity (Wildman–Crippen MR) is 98.8 cm³/mol. The maximum absolute atomic E-state index is 4.20. The minimum absolute atomic E-state index is 0. The highest BCUT2D eigenvalue weighted by Gasteiger charge is 2.01. The van der Waals surface area contributed by atoms with Crippen LogP contribution in [0.5, 0.6) is 0 Å². The molecular weight excluding hydrogens is 457 g/mol. The van der Waals surface area contributed by atoms with Crippen molar-refractivity contribution in [1.29, 1.82) is 0 Å². The van der Waals surface area contributed by atoms with E-state index < -0.39 is 0 Å². The first-order chi connectivity index (χ1) is 8.78. The summed E-state index contributed by atoms with van der Waals surface area (Å²) in [6.07, 6.45) is 0. The first kappa shape index (κ1) is 16.9. The lowest BCUT2D eigenvalue weighted by Gasteiger charge is -2.10. The zero-order valence-corrected chi connectivity index (χ0v) is 15.9. The highest BCUT2D eigenvalue weighted by atomic mass is 127. The highest BCUT2D eigenvalue weighted by molar-refractivity contribution is 14.0. The van der Waals surface area contributed by atoms with Gasteiger partial charge in [0.25, 0.3) is 0 Å². The van der Waals surface area contributed by atoms with Crippen LogP contribution in [0.4, 0.5) is 0 Å². The molecular formula is C12H15BrIN3S2. The second-order valence-electron chi connectivity index (χ2n) is 3.59. The SMILES string of the molecule is CN=C(NCc1cccs1)NCc1cc(Br)cs1.I. The summed E-state index contributed by atoms with van der Waals surface area (Å²) in [6.45, 7) is 1.60. The number of nitrogens with one attached hydrogen (secondary N) is 2. The van der Waals surface area contributed by atoms with Crippen molar-refractivity contribution in [2.75, 3.05) is 7.05 Å². The van der Waals surface area contributed by atoms with E-state index in [0.717, 1.165) is 23.5 Å². The van der Waals surface area contributed by atoms with Crippen molar-refractivity contribution in [2.45, 2.75) is 13.1 Å². The molecule has 7 heteroatoms. The molecule has 2 aromatic heterocycles. The van der Waals surface area contributed by atoms with E-state index in [4.69, 9.17) is 0 Å². The minimum Gasteiger partial charge on any atom is -0.352 e. The lowest BCUT2D eigenvalue weighted by Crippen LogP contribution is -2.35. The summed E-state index contributed by atoms with van der Waals surface area (Å²) in [5.41, 5.74) is 0. The van der Waals surface area contributed by atoms with Gasteiger partial charge in [-0.2, -0.15) is 0 Å². The summed E-state index contributed by atoms with van der Waals surface area (Å²) in [7, 11) is 1.79. The van der Waals surface area contributed by atoms with Crippen LogP contribution in [0.3, 0.4) is 0 Å². The Morgan fingerprint density at radius 1 is 1.26 bits per heavy atom. The predicted octanol–water partition coefficient (Wildman–Crippen LogP) is 4.06. The molecule has 0 radical (unpaired) electrons. The molecule has 0 fully saturated rings. The minimum atomic E-state index is 0. The molecule has 0 saturated heterocycles. The molecule has 2 N–H and O–H groups in total. The highest BCUT2D eigenvalue weighted by Crippen LogP contribution is 2.19. The number of hydrogen-bond acceptors (Lipinski definition) is 3. The zero-order chi connectivity index (χ0) is 12.8. The Balaban J connectivity index is 0.00000180. The van der Waals surface area contributed by atoms with Crippen LogP contribution < -0.4 is 10.6 Å². The molecule has 2 heterocycles. The Bertz CT molecular complexity index is 511. The number of thiophene rings is 2. The second-order valence-corrected chi connectivity index (χ2v) is 6.53. The quantitative estimate of drug-likeness (QED) is 0.401. The van der Waals surface area contributed by atoms with Gasteiger partial charge in [-0.3, -0.25) is 4.99 Å². The summed E-state index contributed by atoms with van der Waals surface area (Å²) >= 11 is 6.92. The van der Waals surface area contributed by atoms with Crippen LogP contribution in [0.15, 0.2) is 38.4 Å². The number of guanidine groups is 1. The molecule has 0 aliphatic carbocycles. The maximum Gasteiger partial charge on any atom is 0.191 e. The van der Waals surface area contributed by atoms with Crippen LogP contribution in [0.2, 0.25) is 0 Å². The van der Waals surface area contributed by atoms with E-state index in [0.29, 0.717) is 0 Å². The third kappa shape index (κ3) is 5.80. The van der Waals surface area contributed by atoms with Gasteiger partial charge >= 0.3 is 0 Å². The van der Waals surface area contributed by atoms with Crippen molar-refractivity contribution in [1.82, 2.24) is 10.6 Å². The Morgan fingerprint density at radius 3 is 2.53 bits per heavy atom. The summed E-state index contributed by atoms with van der Waals surface area (Å²) in [6, 6.07) is 6.28. The molecule has 2 aromatic rings. The molecule has 0 spiro atoms. The molecule has 0 atom stereocenters. The average Bonchev–Trinajstić information content (AvgIpc) is 3.01. The molecule has 0 bridgehead atoms. The Hall–Kier alpha value is -0.120. The van der Waals surface area contributed by atoms with Crippen LogP contribution in [0.25, 0.3) is 0 Å². The molecule has 0 saturated carbocycles. The van der Waals surface area contributed by atoms with Gasteiger partial charge in [0.05, 0.1) is 13.1 Å². The summed E-state index contributed by atoms with van der Waals surface area (Å²) < 4.78 is 1.13. The molecule has 0 aliphatic rings. The standard InChI is InChI=1S/C12H14BrN3S2.HI/c1-14-12(15-6-10-3-2-4-17-10)16-7-11-5-9(13)8-18-11;/h2-5,8H,6-7H2,1H3,(H2,14,15,16);1H. The van der Waals surface area contributed by atoms with E-state index in [1.807, 2.05) is 0 Å². The number of rotatable bonds is 4. The Morgan fingerprint density at radius 2 is 2.00 bits per heavy atom. The smallest absolute Gasteiger partial charge is 0.191 e. The van der Waals surface area contributed by atoms with Gasteiger partial charge in [-0.05, 0) is 33.4 Å². The van der Waals surface area contributed by atoms with Gasteiger partial charge < -0.3 is 10.6 Å². The molecule has 19 heavy (non-hydrogen) atoms. The fourth-order valence-corrected chi connectivity index (χ4v) is 3.46. The summed E-state index contributed by atoms with van der Waals surface area (Å²) in [5, 5.41) is 10.7. The number of halogens is 2. The maximum atomic E-state index is 4.20. The van der Waals surface area contributed by atoms with Crippen molar-refractivity contribution in [2.24, 2.45) is 4.99 Å². The number of aliphatic imine (C=N–C) groups is 1. The number of nitrogens with zero attached hydrogens (tertiary/aromatic N) is 1. The molecule has 104 valence electrons. The van der Waals surface area contributed by atoms with Crippen LogP contribution in [-0.4, -0.2) is 13.0 Å². The van der Waals surface area contributed by atoms with E-state index in [2.05, 4.69) is 60.5 Å². The van der Waals surface area contributed by atoms with Crippen LogP contribution in [-0.2, 0) is 13.1 Å². The lowest BCUT2D eigenvalue weighted by molar-refractivity contribution is 0.822. The Kier molecular flexibility index (Phi) is 7.96. The second kappa shape index (κ2) is 8.93. The summed E-state index contributed by atoms with van der Waals surface area (Å²) in [4.78, 5) is 6.78. The monoisotopic (exact) mass is 471 g/mol. The number of hydrogen-bond donors (Lipinski definition) is 2. The zero-order valence-electron chi connectivity index (χ0n) is 10.4. The van der Waals surface area contributed by atoms with Crippen molar-refractivity contribution in [3.05, 3.63) is 43.2 Å². The van der Waals surface area contributed by atoms with Crippen molar-refractivity contribution >= 4 is 68.5 Å². The van der Waals surface area contributed by atoms with Crippen molar-refractivity contribution in [3.8, 4) is 0 Å². The largest absolute Gasteiger partial charge is 0.352 e. The van der Waals surface area contributed by atoms with Gasteiger partial charge in [0, 0.05) is 26.7 Å². The first-order valence-corrected chi connectivity index (χ1v) is 8.03. The van der Waals surface area contributed by atoms with Crippen LogP contribution in [0, 0.1) is 0 Å². The topological polar surface area (TPSA) is 36.4 Å². The van der Waals surface area contributed by atoms with Gasteiger partial charge in [-0.1, -0.05) is 6.07 Å². The third-order valence-electron chi connectivity index (χ3n) is 2.29. The fourth-order valence-electron chi connectivity index (χ4n) is 1.42. The van der Waals surface area contributed by atoms with Gasteiger partial charge in [-0.25, -0.2) is 0 Å². The van der Waals surface area contributed by atoms with Crippen LogP contribution in [0.1, 0.15) is 9.75 Å². The van der Waals surface area contributed by atoms with Gasteiger partial charge in [-0.15, -0.1) is 46.7 Å². The summed E-state index contributed by atoms with van der Waals surface area (Å²) in [5.74, 6) is 0.827. The molecule has 2 rings (SSSR count). The van der Waals surface area contributed by atoms with E-state index in [1.54, 1.807) is 29.7 Å². The normalized spacial score (nSPS) is 10.9. The van der Waals surface area contributed by atoms with E-state index >= 15 is 0 Å². The van der Waals surface area contributed by atoms with Gasteiger partial charge in [0.2, 0.25) is 0 Å². The first-order valence-electron chi connectivity index (χ1n) is 5.48. The molecule has 0 aliphatic heterocycles. The van der Waals surface area contributed by atoms with Crippen LogP contribution >= 0.6 is 62.6 Å². The van der Waals surface area contributed by atoms with Crippen molar-refractivity contribution in [3.63, 3.8) is 0 Å². The van der Waals surface area contributed by atoms with E-state index in [1.165, 1.54) is 9.75 Å². The molecule has 0 aromatic carbocycles. The third-order valence-corrected chi connectivity index (χ3v) is 4.86. The fraction of sp³-hybridized carbons (Fsp3) is 0.250.